The number of nitrogens with two attached hydrogens (primary N) is 1. The van der Waals surface area contributed by atoms with Crippen molar-refractivity contribution in [1.82, 2.24) is 0 Å². The van der Waals surface area contributed by atoms with E-state index in [1.807, 2.05) is 12.1 Å². The molecule has 0 aliphatic heterocycles. The van der Waals surface area contributed by atoms with Crippen molar-refractivity contribution < 1.29 is 19.1 Å². The minimum atomic E-state index is -0.519. The molecule has 0 heterocycles. The number of esters is 2. The van der Waals surface area contributed by atoms with Crippen LogP contribution in [0.2, 0.25) is 0 Å². The molecule has 0 saturated heterocycles. The fourth-order valence-corrected chi connectivity index (χ4v) is 2.83. The van der Waals surface area contributed by atoms with Gasteiger partial charge in [-0.1, -0.05) is 43.4 Å². The van der Waals surface area contributed by atoms with E-state index in [1.165, 1.54) is 6.08 Å². The maximum absolute atomic E-state index is 12.2. The molecule has 0 bridgehead atoms. The molecule has 3 aromatic carbocycles. The van der Waals surface area contributed by atoms with Crippen LogP contribution in [0.1, 0.15) is 34.0 Å². The molecular weight excluding hydrogens is 410 g/mol. The Morgan fingerprint density at radius 2 is 1.39 bits per heavy atom. The lowest BCUT2D eigenvalue weighted by atomic mass is 10.1. The minimum Gasteiger partial charge on any atom is -0.423 e. The van der Waals surface area contributed by atoms with Gasteiger partial charge in [0.1, 0.15) is 16.5 Å². The van der Waals surface area contributed by atoms with Gasteiger partial charge in [-0.05, 0) is 72.2 Å². The summed E-state index contributed by atoms with van der Waals surface area (Å²) in [4.78, 5) is 24.5. The van der Waals surface area contributed by atoms with Crippen molar-refractivity contribution in [3.8, 4) is 11.5 Å². The molecule has 0 aromatic heterocycles. The number of thiocarbonyl (C=S) groups is 1. The van der Waals surface area contributed by atoms with Crippen LogP contribution in [-0.2, 0) is 11.2 Å². The Balaban J connectivity index is 1.55. The average Bonchev–Trinajstić information content (AvgIpc) is 2.79. The topological polar surface area (TPSA) is 78.6 Å². The van der Waals surface area contributed by atoms with Crippen molar-refractivity contribution in [1.29, 1.82) is 0 Å². The fourth-order valence-electron chi connectivity index (χ4n) is 2.69. The molecule has 2 N–H and O–H groups in total. The smallest absolute Gasteiger partial charge is 0.343 e. The molecular formula is C25H21NO4S. The number of ether oxygens (including phenoxy) is 2. The monoisotopic (exact) mass is 431 g/mol. The summed E-state index contributed by atoms with van der Waals surface area (Å²) < 4.78 is 10.6. The van der Waals surface area contributed by atoms with Crippen LogP contribution in [0.3, 0.4) is 0 Å². The van der Waals surface area contributed by atoms with Gasteiger partial charge in [-0.3, -0.25) is 0 Å². The molecule has 31 heavy (non-hydrogen) atoms. The molecule has 0 spiro atoms. The van der Waals surface area contributed by atoms with E-state index in [2.05, 4.69) is 6.92 Å². The van der Waals surface area contributed by atoms with E-state index in [9.17, 15) is 9.59 Å². The molecule has 5 nitrogen and oxygen atoms in total. The van der Waals surface area contributed by atoms with Gasteiger partial charge in [0.15, 0.2) is 0 Å². The van der Waals surface area contributed by atoms with Crippen molar-refractivity contribution in [2.75, 3.05) is 0 Å². The third-order valence-corrected chi connectivity index (χ3v) is 4.69. The largest absolute Gasteiger partial charge is 0.423 e. The summed E-state index contributed by atoms with van der Waals surface area (Å²) in [6, 6.07) is 20.7. The number of rotatable bonds is 7. The van der Waals surface area contributed by atoms with Gasteiger partial charge < -0.3 is 15.2 Å². The van der Waals surface area contributed by atoms with E-state index in [4.69, 9.17) is 27.4 Å². The number of carbonyl (C=O) groups is 2. The molecule has 0 saturated carbocycles. The van der Waals surface area contributed by atoms with Gasteiger partial charge in [0.25, 0.3) is 0 Å². The zero-order valence-corrected chi connectivity index (χ0v) is 17.7. The molecule has 0 unspecified atom stereocenters. The number of hydrogen-bond acceptors (Lipinski definition) is 5. The first-order valence-corrected chi connectivity index (χ1v) is 10.1. The van der Waals surface area contributed by atoms with Crippen LogP contribution in [-0.4, -0.2) is 16.9 Å². The van der Waals surface area contributed by atoms with Crippen LogP contribution in [0.5, 0.6) is 11.5 Å². The Labute approximate surface area is 186 Å². The minimum absolute atomic E-state index is 0.279. The summed E-state index contributed by atoms with van der Waals surface area (Å²) >= 11 is 4.89. The van der Waals surface area contributed by atoms with E-state index in [1.54, 1.807) is 66.7 Å². The van der Waals surface area contributed by atoms with Gasteiger partial charge in [0.05, 0.1) is 5.56 Å². The second kappa shape index (κ2) is 10.3. The SMILES string of the molecule is CCc1ccc(C(=O)Oc2ccc(/C=C/C(=O)Oc3ccc(C(N)=S)cc3)cc2)cc1. The number of aryl methyl sites for hydroxylation is 1. The molecule has 0 radical (unpaired) electrons. The van der Waals surface area contributed by atoms with Crippen LogP contribution in [0, 0.1) is 0 Å². The molecule has 0 fully saturated rings. The Morgan fingerprint density at radius 3 is 1.97 bits per heavy atom. The highest BCUT2D eigenvalue weighted by Gasteiger charge is 2.08. The summed E-state index contributed by atoms with van der Waals surface area (Å²) in [5.41, 5.74) is 8.64. The van der Waals surface area contributed by atoms with Gasteiger partial charge in [0, 0.05) is 11.6 Å². The van der Waals surface area contributed by atoms with Gasteiger partial charge in [-0.25, -0.2) is 9.59 Å². The van der Waals surface area contributed by atoms with Crippen LogP contribution >= 0.6 is 12.2 Å². The summed E-state index contributed by atoms with van der Waals surface area (Å²) in [6.07, 6.45) is 3.84. The number of hydrogen-bond donors (Lipinski definition) is 1. The number of carbonyl (C=O) groups excluding carboxylic acids is 2. The van der Waals surface area contributed by atoms with Gasteiger partial charge in [-0.15, -0.1) is 0 Å². The van der Waals surface area contributed by atoms with Crippen LogP contribution in [0.15, 0.2) is 78.9 Å². The summed E-state index contributed by atoms with van der Waals surface area (Å²) in [6.45, 7) is 2.05. The fraction of sp³-hybridized carbons (Fsp3) is 0.0800. The maximum Gasteiger partial charge on any atom is 0.343 e. The van der Waals surface area contributed by atoms with Crippen LogP contribution in [0.4, 0.5) is 0 Å². The molecule has 0 atom stereocenters. The van der Waals surface area contributed by atoms with Gasteiger partial charge in [0.2, 0.25) is 0 Å². The van der Waals surface area contributed by atoms with Gasteiger partial charge in [-0.2, -0.15) is 0 Å². The van der Waals surface area contributed by atoms with E-state index in [0.29, 0.717) is 22.6 Å². The van der Waals surface area contributed by atoms with E-state index >= 15 is 0 Å². The average molecular weight is 432 g/mol. The molecule has 3 rings (SSSR count). The summed E-state index contributed by atoms with van der Waals surface area (Å²) in [5, 5.41) is 0. The predicted molar refractivity (Wildman–Crippen MR) is 124 cm³/mol. The zero-order valence-electron chi connectivity index (χ0n) is 16.9. The molecule has 0 amide bonds. The first-order valence-electron chi connectivity index (χ1n) is 9.65. The first-order chi connectivity index (χ1) is 14.9. The van der Waals surface area contributed by atoms with Crippen molar-refractivity contribution in [3.05, 3.63) is 101 Å². The summed E-state index contributed by atoms with van der Waals surface area (Å²) in [7, 11) is 0. The highest BCUT2D eigenvalue weighted by molar-refractivity contribution is 7.80. The second-order valence-corrected chi connectivity index (χ2v) is 7.09. The quantitative estimate of drug-likeness (QED) is 0.252. The first kappa shape index (κ1) is 21.9. The lowest BCUT2D eigenvalue weighted by Crippen LogP contribution is -2.09. The Hall–Kier alpha value is -3.77. The van der Waals surface area contributed by atoms with E-state index in [-0.39, 0.29) is 4.99 Å². The lowest BCUT2D eigenvalue weighted by Gasteiger charge is -2.05. The molecule has 6 heteroatoms. The standard InChI is InChI=1S/C25H21NO4S/c1-2-17-3-8-20(9-4-17)25(28)30-22-12-5-18(6-13-22)7-16-23(27)29-21-14-10-19(11-15-21)24(26)31/h3-16H,2H2,1H3,(H2,26,31)/b16-7+. The Morgan fingerprint density at radius 1 is 0.839 bits per heavy atom. The highest BCUT2D eigenvalue weighted by Crippen LogP contribution is 2.17. The van der Waals surface area contributed by atoms with Crippen molar-refractivity contribution >= 4 is 35.2 Å². The second-order valence-electron chi connectivity index (χ2n) is 6.65. The third-order valence-electron chi connectivity index (χ3n) is 4.46. The van der Waals surface area contributed by atoms with Crippen LogP contribution < -0.4 is 15.2 Å². The van der Waals surface area contributed by atoms with Crippen molar-refractivity contribution in [3.63, 3.8) is 0 Å². The van der Waals surface area contributed by atoms with Crippen LogP contribution in [0.25, 0.3) is 6.08 Å². The molecule has 3 aromatic rings. The van der Waals surface area contributed by atoms with E-state index < -0.39 is 11.9 Å². The maximum atomic E-state index is 12.2. The van der Waals surface area contributed by atoms with Crippen molar-refractivity contribution in [2.24, 2.45) is 5.73 Å². The third kappa shape index (κ3) is 6.35. The van der Waals surface area contributed by atoms with E-state index in [0.717, 1.165) is 17.5 Å². The van der Waals surface area contributed by atoms with Crippen molar-refractivity contribution in [2.45, 2.75) is 13.3 Å². The molecule has 0 aliphatic carbocycles. The molecule has 156 valence electrons. The Kier molecular flexibility index (Phi) is 7.30. The molecule has 0 aliphatic rings. The summed E-state index contributed by atoms with van der Waals surface area (Å²) in [5.74, 6) is -0.129. The normalized spacial score (nSPS) is 10.6. The predicted octanol–water partition coefficient (Wildman–Crippen LogP) is 4.72. The highest BCUT2D eigenvalue weighted by atomic mass is 32.1. The zero-order chi connectivity index (χ0) is 22.2. The van der Waals surface area contributed by atoms with Gasteiger partial charge >= 0.3 is 11.9 Å². The Bertz CT molecular complexity index is 1100. The number of benzene rings is 3. The lowest BCUT2D eigenvalue weighted by molar-refractivity contribution is -0.128.